The van der Waals surface area contributed by atoms with Gasteiger partial charge in [-0.25, -0.2) is 0 Å². The summed E-state index contributed by atoms with van der Waals surface area (Å²) in [4.78, 5) is 35.4. The molecule has 1 saturated carbocycles. The van der Waals surface area contributed by atoms with Gasteiger partial charge in [-0.2, -0.15) is 13.2 Å². The molecule has 0 aromatic heterocycles. The minimum atomic E-state index is -4.49. The first-order valence-electron chi connectivity index (χ1n) is 9.07. The smallest absolute Gasteiger partial charge is 0.416 e. The van der Waals surface area contributed by atoms with Gasteiger partial charge in [0.2, 0.25) is 0 Å². The van der Waals surface area contributed by atoms with E-state index in [1.165, 1.54) is 0 Å². The van der Waals surface area contributed by atoms with Gasteiger partial charge < -0.3 is 15.4 Å². The standard InChI is InChI=1S/C19H23F3N2O4/c1-12-4-2-3-5-15(12)24-16(25)11-28-17(26)10-23-18(27)13-6-8-14(9-7-13)19(20,21)22/h6-9,12,15H,2-5,10-11H2,1H3,(H,23,27)(H,24,25)/t12-,15+/m0/s1. The molecule has 0 unspecified atom stereocenters. The highest BCUT2D eigenvalue weighted by Gasteiger charge is 2.30. The van der Waals surface area contributed by atoms with Crippen molar-refractivity contribution in [1.29, 1.82) is 0 Å². The van der Waals surface area contributed by atoms with E-state index in [2.05, 4.69) is 17.6 Å². The number of carbonyl (C=O) groups is 3. The molecule has 154 valence electrons. The van der Waals surface area contributed by atoms with Gasteiger partial charge in [-0.15, -0.1) is 0 Å². The maximum atomic E-state index is 12.5. The molecular weight excluding hydrogens is 377 g/mol. The fourth-order valence-electron chi connectivity index (χ4n) is 3.04. The van der Waals surface area contributed by atoms with Crippen LogP contribution in [-0.2, 0) is 20.5 Å². The Balaban J connectivity index is 1.71. The molecule has 0 aliphatic heterocycles. The number of benzene rings is 1. The van der Waals surface area contributed by atoms with Crippen molar-refractivity contribution in [3.63, 3.8) is 0 Å². The van der Waals surface area contributed by atoms with Crippen LogP contribution in [0.2, 0.25) is 0 Å². The Morgan fingerprint density at radius 2 is 1.75 bits per heavy atom. The molecule has 0 bridgehead atoms. The molecule has 2 amide bonds. The average Bonchev–Trinajstić information content (AvgIpc) is 2.65. The first-order chi connectivity index (χ1) is 13.2. The van der Waals surface area contributed by atoms with Crippen molar-refractivity contribution in [2.45, 2.75) is 44.8 Å². The number of nitrogens with one attached hydrogen (secondary N) is 2. The lowest BCUT2D eigenvalue weighted by Crippen LogP contribution is -2.43. The van der Waals surface area contributed by atoms with Crippen molar-refractivity contribution in [1.82, 2.24) is 10.6 Å². The van der Waals surface area contributed by atoms with Crippen LogP contribution in [0, 0.1) is 5.92 Å². The molecule has 2 N–H and O–H groups in total. The quantitative estimate of drug-likeness (QED) is 0.719. The summed E-state index contributed by atoms with van der Waals surface area (Å²) in [6, 6.07) is 3.66. The van der Waals surface area contributed by atoms with Crippen molar-refractivity contribution in [3.8, 4) is 0 Å². The fourth-order valence-corrected chi connectivity index (χ4v) is 3.04. The van der Waals surface area contributed by atoms with Crippen molar-refractivity contribution in [3.05, 3.63) is 35.4 Å². The SMILES string of the molecule is C[C@H]1CCCC[C@H]1NC(=O)COC(=O)CNC(=O)c1ccc(C(F)(F)F)cc1. The molecule has 2 rings (SSSR count). The van der Waals surface area contributed by atoms with Crippen LogP contribution in [0.3, 0.4) is 0 Å². The predicted octanol–water partition coefficient (Wildman–Crippen LogP) is 2.67. The maximum absolute atomic E-state index is 12.5. The van der Waals surface area contributed by atoms with Crippen LogP contribution in [0.15, 0.2) is 24.3 Å². The maximum Gasteiger partial charge on any atom is 0.416 e. The van der Waals surface area contributed by atoms with E-state index in [4.69, 9.17) is 4.74 Å². The number of esters is 1. The summed E-state index contributed by atoms with van der Waals surface area (Å²) in [6.45, 7) is 1.12. The Hall–Kier alpha value is -2.58. The highest BCUT2D eigenvalue weighted by molar-refractivity contribution is 5.96. The van der Waals surface area contributed by atoms with E-state index >= 15 is 0 Å². The summed E-state index contributed by atoms with van der Waals surface area (Å²) in [7, 11) is 0. The van der Waals surface area contributed by atoms with E-state index in [1.807, 2.05) is 0 Å². The second kappa shape index (κ2) is 9.57. The molecular formula is C19H23F3N2O4. The molecule has 0 spiro atoms. The van der Waals surface area contributed by atoms with Gasteiger partial charge in [0, 0.05) is 11.6 Å². The average molecular weight is 400 g/mol. The lowest BCUT2D eigenvalue weighted by molar-refractivity contribution is -0.147. The summed E-state index contributed by atoms with van der Waals surface area (Å²) in [5.74, 6) is -1.56. The summed E-state index contributed by atoms with van der Waals surface area (Å²) in [6.07, 6.45) is -0.369. The number of halogens is 3. The first-order valence-corrected chi connectivity index (χ1v) is 9.07. The fraction of sp³-hybridized carbons (Fsp3) is 0.526. The molecule has 0 radical (unpaired) electrons. The molecule has 1 aromatic carbocycles. The first kappa shape index (κ1) is 21.7. The number of amides is 2. The third-order valence-corrected chi connectivity index (χ3v) is 4.69. The van der Waals surface area contributed by atoms with Crippen LogP contribution < -0.4 is 10.6 Å². The number of hydrogen-bond acceptors (Lipinski definition) is 4. The number of carbonyl (C=O) groups excluding carboxylic acids is 3. The minimum Gasteiger partial charge on any atom is -0.454 e. The zero-order valence-corrected chi connectivity index (χ0v) is 15.5. The normalized spacial score (nSPS) is 19.6. The molecule has 2 atom stereocenters. The molecule has 1 fully saturated rings. The lowest BCUT2D eigenvalue weighted by Gasteiger charge is -2.29. The predicted molar refractivity (Wildman–Crippen MR) is 94.3 cm³/mol. The van der Waals surface area contributed by atoms with E-state index in [-0.39, 0.29) is 11.6 Å². The van der Waals surface area contributed by atoms with Gasteiger partial charge in [0.15, 0.2) is 6.61 Å². The summed E-state index contributed by atoms with van der Waals surface area (Å²) in [5, 5.41) is 5.08. The van der Waals surface area contributed by atoms with E-state index < -0.39 is 42.7 Å². The van der Waals surface area contributed by atoms with Crippen LogP contribution in [-0.4, -0.2) is 37.0 Å². The molecule has 1 aliphatic rings. The van der Waals surface area contributed by atoms with Crippen molar-refractivity contribution >= 4 is 17.8 Å². The van der Waals surface area contributed by atoms with E-state index in [0.717, 1.165) is 49.9 Å². The topological polar surface area (TPSA) is 84.5 Å². The van der Waals surface area contributed by atoms with Crippen LogP contribution in [0.1, 0.15) is 48.5 Å². The van der Waals surface area contributed by atoms with Crippen molar-refractivity contribution < 1.29 is 32.3 Å². The molecule has 0 heterocycles. The van der Waals surface area contributed by atoms with Gasteiger partial charge in [0.05, 0.1) is 5.56 Å². The molecule has 28 heavy (non-hydrogen) atoms. The van der Waals surface area contributed by atoms with Crippen molar-refractivity contribution in [2.75, 3.05) is 13.2 Å². The van der Waals surface area contributed by atoms with Gasteiger partial charge in [0.1, 0.15) is 6.54 Å². The van der Waals surface area contributed by atoms with E-state index in [9.17, 15) is 27.6 Å². The van der Waals surface area contributed by atoms with Gasteiger partial charge in [0.25, 0.3) is 11.8 Å². The Morgan fingerprint density at radius 1 is 1.11 bits per heavy atom. The summed E-state index contributed by atoms with van der Waals surface area (Å²) < 4.78 is 42.3. The Bertz CT molecular complexity index is 704. The summed E-state index contributed by atoms with van der Waals surface area (Å²) in [5.41, 5.74) is -0.897. The van der Waals surface area contributed by atoms with Crippen LogP contribution in [0.4, 0.5) is 13.2 Å². The van der Waals surface area contributed by atoms with Gasteiger partial charge in [-0.3, -0.25) is 14.4 Å². The third kappa shape index (κ3) is 6.54. The number of alkyl halides is 3. The minimum absolute atomic E-state index is 0.0233. The highest BCUT2D eigenvalue weighted by Crippen LogP contribution is 2.29. The Morgan fingerprint density at radius 3 is 2.36 bits per heavy atom. The van der Waals surface area contributed by atoms with Crippen LogP contribution in [0.5, 0.6) is 0 Å². The van der Waals surface area contributed by atoms with Gasteiger partial charge in [-0.1, -0.05) is 19.8 Å². The summed E-state index contributed by atoms with van der Waals surface area (Å²) >= 11 is 0. The second-order valence-corrected chi connectivity index (χ2v) is 6.85. The zero-order chi connectivity index (χ0) is 20.7. The van der Waals surface area contributed by atoms with Crippen LogP contribution in [0.25, 0.3) is 0 Å². The monoisotopic (exact) mass is 400 g/mol. The zero-order valence-electron chi connectivity index (χ0n) is 15.5. The number of rotatable bonds is 6. The molecule has 1 aromatic rings. The molecule has 1 aliphatic carbocycles. The van der Waals surface area contributed by atoms with E-state index in [0.29, 0.717) is 5.92 Å². The number of ether oxygens (including phenoxy) is 1. The van der Waals surface area contributed by atoms with Gasteiger partial charge in [-0.05, 0) is 43.0 Å². The van der Waals surface area contributed by atoms with Crippen LogP contribution >= 0.6 is 0 Å². The second-order valence-electron chi connectivity index (χ2n) is 6.85. The van der Waals surface area contributed by atoms with Crippen molar-refractivity contribution in [2.24, 2.45) is 5.92 Å². The number of hydrogen-bond donors (Lipinski definition) is 2. The lowest BCUT2D eigenvalue weighted by atomic mass is 9.86. The Labute approximate surface area is 160 Å². The third-order valence-electron chi connectivity index (χ3n) is 4.69. The highest BCUT2D eigenvalue weighted by atomic mass is 19.4. The molecule has 9 heteroatoms. The molecule has 6 nitrogen and oxygen atoms in total. The van der Waals surface area contributed by atoms with E-state index in [1.54, 1.807) is 0 Å². The molecule has 0 saturated heterocycles. The van der Waals surface area contributed by atoms with Gasteiger partial charge >= 0.3 is 12.1 Å². The Kier molecular flexibility index (Phi) is 7.42. The largest absolute Gasteiger partial charge is 0.454 e.